The van der Waals surface area contributed by atoms with Crippen molar-refractivity contribution in [2.75, 3.05) is 18.6 Å². The summed E-state index contributed by atoms with van der Waals surface area (Å²) >= 11 is 2.51. The lowest BCUT2D eigenvalue weighted by molar-refractivity contribution is -0.764. The number of thioether (sulfide) groups is 1. The molecule has 198 valence electrons. The highest BCUT2D eigenvalue weighted by molar-refractivity contribution is 8.00. The van der Waals surface area contributed by atoms with Gasteiger partial charge < -0.3 is 25.8 Å². The number of nitrogens with one attached hydrogen (secondary N) is 1. The van der Waals surface area contributed by atoms with Crippen molar-refractivity contribution in [1.82, 2.24) is 19.9 Å². The summed E-state index contributed by atoms with van der Waals surface area (Å²) in [6.07, 6.45) is 2.83. The molecule has 0 saturated carbocycles. The first kappa shape index (κ1) is 25.7. The number of carbonyl (C=O) groups is 3. The highest BCUT2D eigenvalue weighted by Gasteiger charge is 2.53. The van der Waals surface area contributed by atoms with Crippen LogP contribution in [0.1, 0.15) is 18.2 Å². The number of nitrogens with two attached hydrogens (primary N) is 1. The number of β-lactam (4-membered cyclic amide) rings is 1. The number of thiazole rings is 1. The number of amides is 2. The van der Waals surface area contributed by atoms with Crippen LogP contribution in [0.25, 0.3) is 10.9 Å². The second kappa shape index (κ2) is 10.1. The number of oxime groups is 1. The molecule has 3 N–H and O–H groups in total. The van der Waals surface area contributed by atoms with E-state index in [2.05, 4.69) is 28.4 Å². The van der Waals surface area contributed by atoms with Gasteiger partial charge in [-0.2, -0.15) is 4.68 Å². The summed E-state index contributed by atoms with van der Waals surface area (Å²) in [4.78, 5) is 48.3. The number of carboxylic acid groups (broad SMARTS) is 1. The van der Waals surface area contributed by atoms with E-state index >= 15 is 0 Å². The minimum atomic E-state index is -1.43. The summed E-state index contributed by atoms with van der Waals surface area (Å²) in [5, 5.41) is 20.8. The van der Waals surface area contributed by atoms with E-state index in [1.165, 1.54) is 29.3 Å². The Bertz CT molecular complexity index is 1530. The molecule has 0 unspecified atom stereocenters. The quantitative estimate of drug-likeness (QED) is 0.163. The number of nitrogen functional groups attached to an aromatic ring is 1. The first-order chi connectivity index (χ1) is 18.2. The maximum absolute atomic E-state index is 13.1. The predicted octanol–water partition coefficient (Wildman–Crippen LogP) is -0.478. The fourth-order valence-corrected chi connectivity index (χ4v) is 6.70. The Morgan fingerprint density at radius 1 is 1.39 bits per heavy atom. The van der Waals surface area contributed by atoms with Crippen LogP contribution in [0, 0.1) is 0 Å². The molecule has 12 nitrogen and oxygen atoms in total. The number of carboxylic acids is 1. The van der Waals surface area contributed by atoms with E-state index in [-0.39, 0.29) is 28.8 Å². The van der Waals surface area contributed by atoms with Gasteiger partial charge in [-0.05, 0) is 18.1 Å². The average molecular weight is 556 g/mol. The molecule has 14 heteroatoms. The van der Waals surface area contributed by atoms with Gasteiger partial charge in [-0.3, -0.25) is 14.5 Å². The smallest absolute Gasteiger partial charge is 0.276 e. The van der Waals surface area contributed by atoms with Crippen molar-refractivity contribution in [3.8, 4) is 0 Å². The first-order valence-electron chi connectivity index (χ1n) is 11.7. The van der Waals surface area contributed by atoms with E-state index in [1.807, 2.05) is 34.7 Å². The van der Waals surface area contributed by atoms with Crippen LogP contribution in [0.3, 0.4) is 0 Å². The van der Waals surface area contributed by atoms with Gasteiger partial charge in [0, 0.05) is 16.7 Å². The van der Waals surface area contributed by atoms with Crippen LogP contribution in [0.2, 0.25) is 0 Å². The number of aliphatic carboxylic acids is 1. The minimum Gasteiger partial charge on any atom is -0.543 e. The molecule has 0 aliphatic carbocycles. The lowest BCUT2D eigenvalue weighted by atomic mass is 10.0. The van der Waals surface area contributed by atoms with E-state index in [0.29, 0.717) is 11.3 Å². The van der Waals surface area contributed by atoms with Gasteiger partial charge in [0.25, 0.3) is 11.8 Å². The lowest BCUT2D eigenvalue weighted by Crippen LogP contribution is -2.71. The fourth-order valence-electron chi connectivity index (χ4n) is 4.81. The van der Waals surface area contributed by atoms with Crippen molar-refractivity contribution < 1.29 is 29.0 Å². The zero-order chi connectivity index (χ0) is 27.1. The van der Waals surface area contributed by atoms with Crippen LogP contribution in [0.5, 0.6) is 0 Å². The lowest BCUT2D eigenvalue weighted by Gasteiger charge is -2.50. The molecule has 1 fully saturated rings. The number of hydrogen-bond acceptors (Lipinski definition) is 10. The van der Waals surface area contributed by atoms with Crippen LogP contribution >= 0.6 is 23.1 Å². The molecule has 2 aliphatic heterocycles. The maximum Gasteiger partial charge on any atom is 0.276 e. The normalized spacial score (nSPS) is 19.4. The molecule has 1 saturated heterocycles. The fraction of sp³-hybridized carbons (Fsp3) is 0.333. The third-order valence-electron chi connectivity index (χ3n) is 6.57. The topological polar surface area (TPSA) is 159 Å². The summed E-state index contributed by atoms with van der Waals surface area (Å²) in [5.74, 6) is -2.31. The Hall–Kier alpha value is -3.91. The first-order valence-corrected chi connectivity index (χ1v) is 13.7. The summed E-state index contributed by atoms with van der Waals surface area (Å²) in [5.41, 5.74) is 8.39. The summed E-state index contributed by atoms with van der Waals surface area (Å²) in [6, 6.07) is 5.13. The minimum absolute atomic E-state index is 0.137. The van der Waals surface area contributed by atoms with E-state index < -0.39 is 29.2 Å². The number of nitrogens with zero attached hydrogens (tertiary/aromatic N) is 5. The molecule has 38 heavy (non-hydrogen) atoms. The van der Waals surface area contributed by atoms with Crippen molar-refractivity contribution >= 4 is 62.6 Å². The molecule has 2 aromatic heterocycles. The second-order valence-corrected chi connectivity index (χ2v) is 10.7. The molecule has 0 bridgehead atoms. The van der Waals surface area contributed by atoms with E-state index in [1.54, 1.807) is 5.38 Å². The van der Waals surface area contributed by atoms with Gasteiger partial charge in [0.1, 0.15) is 29.7 Å². The molecule has 3 aromatic rings. The number of benzene rings is 1. The standard InChI is InChI=1S/C24H25N7O5S2/c1-4-12-6-5-7-13-8-30(29(2)18(12)13)9-14-10-37-22-17(21(33)31(22)19(14)23(34)35)27-20(32)16(28-36-3)15-11-38-24(25)26-15/h5-8,11,17,22H,4,9-10H2,1-3H3,(H3-,25,26,27,32,34,35)/b28-16-/t17-,22-/m1/s1. The Morgan fingerprint density at radius 2 is 2.18 bits per heavy atom. The largest absolute Gasteiger partial charge is 0.543 e. The van der Waals surface area contributed by atoms with E-state index in [0.717, 1.165) is 28.7 Å². The van der Waals surface area contributed by atoms with Crippen LogP contribution in [0.15, 0.2) is 46.2 Å². The number of aromatic nitrogens is 3. The molecular weight excluding hydrogens is 530 g/mol. The Labute approximate surface area is 225 Å². The Morgan fingerprint density at radius 3 is 2.84 bits per heavy atom. The SMILES string of the molecule is CCc1cccc2c[n+](CC3=C(C(=O)[O-])N4C(=O)[C@@H](NC(=O)/C(=N\OC)c5csc(N)n5)[C@H]4SC3)n(C)c12. The van der Waals surface area contributed by atoms with Gasteiger partial charge in [0.2, 0.25) is 6.20 Å². The number of carbonyl (C=O) groups excluding carboxylic acids is 3. The van der Waals surface area contributed by atoms with Crippen molar-refractivity contribution in [2.45, 2.75) is 31.3 Å². The zero-order valence-corrected chi connectivity index (χ0v) is 22.5. The molecule has 2 amide bonds. The number of aryl methyl sites for hydroxylation is 2. The molecule has 0 spiro atoms. The number of rotatable bonds is 8. The number of fused-ring (bicyclic) bond motifs is 2. The summed E-state index contributed by atoms with van der Waals surface area (Å²) in [6.45, 7) is 2.36. The van der Waals surface area contributed by atoms with Gasteiger partial charge in [-0.15, -0.1) is 27.8 Å². The van der Waals surface area contributed by atoms with Crippen LogP contribution in [-0.2, 0) is 39.2 Å². The summed E-state index contributed by atoms with van der Waals surface area (Å²) < 4.78 is 3.92. The summed E-state index contributed by atoms with van der Waals surface area (Å²) in [7, 11) is 3.21. The third-order valence-corrected chi connectivity index (χ3v) is 8.58. The van der Waals surface area contributed by atoms with Crippen molar-refractivity contribution in [3.05, 3.63) is 52.3 Å². The van der Waals surface area contributed by atoms with Gasteiger partial charge in [-0.25, -0.2) is 4.98 Å². The molecule has 0 radical (unpaired) electrons. The van der Waals surface area contributed by atoms with Crippen molar-refractivity contribution in [1.29, 1.82) is 0 Å². The molecule has 4 heterocycles. The van der Waals surface area contributed by atoms with Crippen LogP contribution < -0.4 is 20.8 Å². The highest BCUT2D eigenvalue weighted by Crippen LogP contribution is 2.40. The predicted molar refractivity (Wildman–Crippen MR) is 140 cm³/mol. The zero-order valence-electron chi connectivity index (χ0n) is 20.8. The molecule has 1 aromatic carbocycles. The van der Waals surface area contributed by atoms with Gasteiger partial charge in [0.15, 0.2) is 17.4 Å². The maximum atomic E-state index is 13.1. The van der Waals surface area contributed by atoms with E-state index in [4.69, 9.17) is 10.6 Å². The Balaban J connectivity index is 1.39. The average Bonchev–Trinajstić information content (AvgIpc) is 3.47. The van der Waals surface area contributed by atoms with Crippen LogP contribution in [-0.4, -0.2) is 62.3 Å². The molecule has 5 rings (SSSR count). The third kappa shape index (κ3) is 4.28. The van der Waals surface area contributed by atoms with E-state index in [9.17, 15) is 19.5 Å². The monoisotopic (exact) mass is 555 g/mol. The number of para-hydroxylation sites is 1. The van der Waals surface area contributed by atoms with Gasteiger partial charge in [0.05, 0.1) is 24.1 Å². The van der Waals surface area contributed by atoms with Gasteiger partial charge >= 0.3 is 0 Å². The molecule has 2 aliphatic rings. The molecule has 2 atom stereocenters. The van der Waals surface area contributed by atoms with Gasteiger partial charge in [-0.1, -0.05) is 24.2 Å². The van der Waals surface area contributed by atoms with Crippen molar-refractivity contribution in [2.24, 2.45) is 12.2 Å². The van der Waals surface area contributed by atoms with Crippen LogP contribution in [0.4, 0.5) is 5.13 Å². The number of hydrogen-bond donors (Lipinski definition) is 2. The second-order valence-electron chi connectivity index (χ2n) is 8.75. The highest BCUT2D eigenvalue weighted by atomic mass is 32.2. The van der Waals surface area contributed by atoms with Crippen molar-refractivity contribution in [3.63, 3.8) is 0 Å². The Kier molecular flexibility index (Phi) is 6.84. The molecular formula is C24H25N7O5S2. The number of anilines is 1.